The molecule has 3 nitrogen and oxygen atoms in total. The summed E-state index contributed by atoms with van der Waals surface area (Å²) in [6, 6.07) is 2.86. The smallest absolute Gasteiger partial charge is 0.463 e. The van der Waals surface area contributed by atoms with Crippen LogP contribution in [0.4, 0.5) is 17.6 Å². The molecule has 0 aliphatic rings. The Bertz CT molecular complexity index is 509. The van der Waals surface area contributed by atoms with Crippen molar-refractivity contribution in [2.24, 2.45) is 0 Å². The minimum absolute atomic E-state index is 0.217. The zero-order chi connectivity index (χ0) is 15.9. The zero-order valence-electron chi connectivity index (χ0n) is 11.2. The minimum Gasteiger partial charge on any atom is -0.463 e. The topological polar surface area (TPSA) is 35.5 Å². The predicted octanol–water partition coefficient (Wildman–Crippen LogP) is 4.08. The van der Waals surface area contributed by atoms with Crippen molar-refractivity contribution in [3.63, 3.8) is 0 Å². The molecule has 0 aromatic heterocycles. The molecule has 0 fully saturated rings. The van der Waals surface area contributed by atoms with Crippen LogP contribution in [0, 0.1) is 5.82 Å². The van der Waals surface area contributed by atoms with Crippen molar-refractivity contribution < 1.29 is 31.8 Å². The summed E-state index contributed by atoms with van der Waals surface area (Å²) in [7, 11) is 0. The molecule has 1 rings (SSSR count). The van der Waals surface area contributed by atoms with Crippen LogP contribution in [-0.4, -0.2) is 18.9 Å². The number of alkyl halides is 3. The lowest BCUT2D eigenvalue weighted by molar-refractivity contribution is -0.275. The van der Waals surface area contributed by atoms with Crippen LogP contribution in [-0.2, 0) is 9.53 Å². The molecular weight excluding hydrogens is 292 g/mol. The van der Waals surface area contributed by atoms with E-state index in [9.17, 15) is 22.4 Å². The predicted molar refractivity (Wildman–Crippen MR) is 68.0 cm³/mol. The van der Waals surface area contributed by atoms with E-state index in [1.807, 2.05) is 6.92 Å². The molecule has 0 heterocycles. The van der Waals surface area contributed by atoms with E-state index in [2.05, 4.69) is 4.74 Å². The number of halogens is 4. The van der Waals surface area contributed by atoms with Crippen LogP contribution in [0.1, 0.15) is 25.3 Å². The minimum atomic E-state index is -4.96. The van der Waals surface area contributed by atoms with Gasteiger partial charge in [0, 0.05) is 6.08 Å². The van der Waals surface area contributed by atoms with E-state index in [1.165, 1.54) is 12.1 Å². The second-order valence-electron chi connectivity index (χ2n) is 4.09. The quantitative estimate of drug-likeness (QED) is 0.344. The molecule has 0 bridgehead atoms. The van der Waals surface area contributed by atoms with E-state index in [1.54, 1.807) is 0 Å². The summed E-state index contributed by atoms with van der Waals surface area (Å²) >= 11 is 0. The van der Waals surface area contributed by atoms with E-state index in [0.717, 1.165) is 31.1 Å². The van der Waals surface area contributed by atoms with Gasteiger partial charge in [-0.3, -0.25) is 0 Å². The molecule has 0 aliphatic carbocycles. The van der Waals surface area contributed by atoms with E-state index < -0.39 is 23.9 Å². The maximum atomic E-state index is 13.4. The Kier molecular flexibility index (Phi) is 6.20. The molecule has 1 aromatic rings. The van der Waals surface area contributed by atoms with Crippen molar-refractivity contribution in [2.75, 3.05) is 6.61 Å². The summed E-state index contributed by atoms with van der Waals surface area (Å²) in [4.78, 5) is 11.3. The van der Waals surface area contributed by atoms with Gasteiger partial charge in [0.05, 0.1) is 6.61 Å². The van der Waals surface area contributed by atoms with Crippen LogP contribution >= 0.6 is 0 Å². The highest BCUT2D eigenvalue weighted by Crippen LogP contribution is 2.26. The highest BCUT2D eigenvalue weighted by molar-refractivity contribution is 5.87. The Morgan fingerprint density at radius 2 is 2.05 bits per heavy atom. The molecule has 0 unspecified atom stereocenters. The molecule has 21 heavy (non-hydrogen) atoms. The highest BCUT2D eigenvalue weighted by atomic mass is 19.4. The third-order valence-corrected chi connectivity index (χ3v) is 2.34. The monoisotopic (exact) mass is 306 g/mol. The molecule has 0 atom stereocenters. The zero-order valence-corrected chi connectivity index (χ0v) is 11.2. The molecule has 0 saturated heterocycles. The third-order valence-electron chi connectivity index (χ3n) is 2.34. The lowest BCUT2D eigenvalue weighted by Crippen LogP contribution is -2.17. The first-order valence-corrected chi connectivity index (χ1v) is 6.22. The average molecular weight is 306 g/mol. The molecule has 0 amide bonds. The first kappa shape index (κ1) is 17.0. The van der Waals surface area contributed by atoms with Crippen molar-refractivity contribution >= 4 is 12.0 Å². The van der Waals surface area contributed by atoms with E-state index in [0.29, 0.717) is 0 Å². The van der Waals surface area contributed by atoms with Crippen molar-refractivity contribution in [3.8, 4) is 5.75 Å². The fourth-order valence-electron chi connectivity index (χ4n) is 1.36. The van der Waals surface area contributed by atoms with Gasteiger partial charge in [0.1, 0.15) is 0 Å². The Morgan fingerprint density at radius 3 is 2.62 bits per heavy atom. The summed E-state index contributed by atoms with van der Waals surface area (Å²) in [6.45, 7) is 2.23. The molecular formula is C14H14F4O3. The standard InChI is InChI=1S/C14H14F4O3/c1-2-3-8-20-13(19)7-5-10-4-6-12(11(15)9-10)21-14(16,17)18/h4-7,9H,2-3,8H2,1H3/b7-5+. The number of rotatable bonds is 6. The number of carbonyl (C=O) groups excluding carboxylic acids is 1. The summed E-state index contributed by atoms with van der Waals surface area (Å²) in [6.07, 6.45) is -1.02. The van der Waals surface area contributed by atoms with E-state index in [-0.39, 0.29) is 12.2 Å². The number of esters is 1. The summed E-state index contributed by atoms with van der Waals surface area (Å²) in [5.74, 6) is -2.70. The summed E-state index contributed by atoms with van der Waals surface area (Å²) < 4.78 is 57.6. The lowest BCUT2D eigenvalue weighted by Gasteiger charge is -2.09. The SMILES string of the molecule is CCCCOC(=O)/C=C/c1ccc(OC(F)(F)F)c(F)c1. The second-order valence-corrected chi connectivity index (χ2v) is 4.09. The molecule has 116 valence electrons. The van der Waals surface area contributed by atoms with Crippen molar-refractivity contribution in [3.05, 3.63) is 35.7 Å². The molecule has 0 radical (unpaired) electrons. The van der Waals surface area contributed by atoms with Gasteiger partial charge < -0.3 is 9.47 Å². The van der Waals surface area contributed by atoms with Gasteiger partial charge in [-0.1, -0.05) is 19.4 Å². The van der Waals surface area contributed by atoms with Crippen molar-refractivity contribution in [2.45, 2.75) is 26.1 Å². The Morgan fingerprint density at radius 1 is 1.33 bits per heavy atom. The molecule has 7 heteroatoms. The van der Waals surface area contributed by atoms with E-state index >= 15 is 0 Å². The van der Waals surface area contributed by atoms with Crippen LogP contribution in [0.25, 0.3) is 6.08 Å². The number of carbonyl (C=O) groups is 1. The fraction of sp³-hybridized carbons (Fsp3) is 0.357. The molecule has 0 N–H and O–H groups in total. The van der Waals surface area contributed by atoms with Gasteiger partial charge >= 0.3 is 12.3 Å². The van der Waals surface area contributed by atoms with Crippen LogP contribution in [0.15, 0.2) is 24.3 Å². The summed E-state index contributed by atoms with van der Waals surface area (Å²) in [5, 5.41) is 0. The van der Waals surface area contributed by atoms with Crippen LogP contribution in [0.5, 0.6) is 5.75 Å². The Balaban J connectivity index is 2.65. The Labute approximate surface area is 119 Å². The van der Waals surface area contributed by atoms with Crippen molar-refractivity contribution in [1.82, 2.24) is 0 Å². The number of hydrogen-bond donors (Lipinski definition) is 0. The number of hydrogen-bond acceptors (Lipinski definition) is 3. The molecule has 0 saturated carbocycles. The van der Waals surface area contributed by atoms with Gasteiger partial charge in [-0.25, -0.2) is 9.18 Å². The van der Waals surface area contributed by atoms with Gasteiger partial charge in [-0.15, -0.1) is 13.2 Å². The van der Waals surface area contributed by atoms with Gasteiger partial charge in [0.2, 0.25) is 0 Å². The molecule has 0 spiro atoms. The lowest BCUT2D eigenvalue weighted by atomic mass is 10.2. The number of benzene rings is 1. The maximum Gasteiger partial charge on any atom is 0.573 e. The van der Waals surface area contributed by atoms with Gasteiger partial charge in [0.15, 0.2) is 11.6 Å². The van der Waals surface area contributed by atoms with Crippen LogP contribution < -0.4 is 4.74 Å². The average Bonchev–Trinajstić information content (AvgIpc) is 2.38. The maximum absolute atomic E-state index is 13.4. The molecule has 1 aromatic carbocycles. The van der Waals surface area contributed by atoms with Crippen LogP contribution in [0.3, 0.4) is 0 Å². The van der Waals surface area contributed by atoms with E-state index in [4.69, 9.17) is 4.74 Å². The van der Waals surface area contributed by atoms with Gasteiger partial charge in [0.25, 0.3) is 0 Å². The number of ether oxygens (including phenoxy) is 2. The third kappa shape index (κ3) is 6.78. The largest absolute Gasteiger partial charge is 0.573 e. The van der Waals surface area contributed by atoms with Gasteiger partial charge in [-0.05, 0) is 30.2 Å². The normalized spacial score (nSPS) is 11.7. The number of unbranched alkanes of at least 4 members (excludes halogenated alkanes) is 1. The first-order valence-electron chi connectivity index (χ1n) is 6.22. The van der Waals surface area contributed by atoms with Gasteiger partial charge in [-0.2, -0.15) is 0 Å². The van der Waals surface area contributed by atoms with Crippen molar-refractivity contribution in [1.29, 1.82) is 0 Å². The summed E-state index contributed by atoms with van der Waals surface area (Å²) in [5.41, 5.74) is 0.217. The Hall–Kier alpha value is -2.05. The fourth-order valence-corrected chi connectivity index (χ4v) is 1.36. The highest BCUT2D eigenvalue weighted by Gasteiger charge is 2.32. The molecule has 0 aliphatic heterocycles. The first-order chi connectivity index (χ1) is 9.81. The second kappa shape index (κ2) is 7.66. The van der Waals surface area contributed by atoms with Crippen LogP contribution in [0.2, 0.25) is 0 Å².